The van der Waals surface area contributed by atoms with E-state index in [1.165, 1.54) is 5.57 Å². The topological polar surface area (TPSA) is 63.4 Å². The highest BCUT2D eigenvalue weighted by atomic mass is 16.2. The third-order valence-corrected chi connectivity index (χ3v) is 5.25. The van der Waals surface area contributed by atoms with Gasteiger partial charge in [-0.25, -0.2) is 4.79 Å². The van der Waals surface area contributed by atoms with E-state index in [0.29, 0.717) is 13.1 Å². The van der Waals surface area contributed by atoms with Gasteiger partial charge in [-0.05, 0) is 48.8 Å². The van der Waals surface area contributed by atoms with Gasteiger partial charge >= 0.3 is 6.03 Å². The molecule has 0 spiro atoms. The summed E-state index contributed by atoms with van der Waals surface area (Å²) in [6.07, 6.45) is 2.80. The summed E-state index contributed by atoms with van der Waals surface area (Å²) < 4.78 is 0. The quantitative estimate of drug-likeness (QED) is 0.850. The first-order valence-electron chi connectivity index (χ1n) is 8.21. The Labute approximate surface area is 137 Å². The zero-order valence-corrected chi connectivity index (χ0v) is 14.1. The normalized spacial score (nSPS) is 19.7. The Morgan fingerprint density at radius 3 is 2.52 bits per heavy atom. The molecule has 122 valence electrons. The first-order valence-corrected chi connectivity index (χ1v) is 8.21. The van der Waals surface area contributed by atoms with Gasteiger partial charge in [0, 0.05) is 24.2 Å². The molecule has 0 bridgehead atoms. The monoisotopic (exact) mass is 312 g/mol. The van der Waals surface area contributed by atoms with Crippen LogP contribution in [0.1, 0.15) is 55.1 Å². The van der Waals surface area contributed by atoms with Crippen LogP contribution in [0.25, 0.3) is 0 Å². The molecule has 0 saturated carbocycles. The smallest absolute Gasteiger partial charge is 0.315 e. The average molecular weight is 312 g/mol. The number of ketones is 1. The predicted octanol–water partition coefficient (Wildman–Crippen LogP) is 3.44. The van der Waals surface area contributed by atoms with Gasteiger partial charge in [0.05, 0.1) is 0 Å². The van der Waals surface area contributed by atoms with Crippen molar-refractivity contribution in [1.29, 1.82) is 0 Å². The van der Waals surface area contributed by atoms with Crippen molar-refractivity contribution in [1.82, 2.24) is 4.90 Å². The second-order valence-electron chi connectivity index (χ2n) is 7.36. The Bertz CT molecular complexity index is 716. The van der Waals surface area contributed by atoms with Gasteiger partial charge in [0.1, 0.15) is 0 Å². The summed E-state index contributed by atoms with van der Waals surface area (Å²) in [6.45, 7) is 7.53. The Hall–Kier alpha value is -2.10. The SMILES string of the molecule is CC1=C(C(=O)c2ccc3c(c2)CCN(C(N)=O)C3)C(C)(C)CC1. The standard InChI is InChI=1S/C19H24N2O2/c1-12-6-8-19(2,3)16(12)17(22)14-4-5-15-11-21(18(20)23)9-7-13(15)10-14/h4-5,10H,6-9,11H2,1-3H3,(H2,20,23). The Morgan fingerprint density at radius 1 is 1.17 bits per heavy atom. The minimum atomic E-state index is -0.385. The van der Waals surface area contributed by atoms with Crippen LogP contribution in [0.4, 0.5) is 4.79 Å². The minimum Gasteiger partial charge on any atom is -0.351 e. The number of fused-ring (bicyclic) bond motifs is 1. The van der Waals surface area contributed by atoms with E-state index in [1.54, 1.807) is 4.90 Å². The molecule has 1 aromatic carbocycles. The van der Waals surface area contributed by atoms with Crippen molar-refractivity contribution < 1.29 is 9.59 Å². The highest BCUT2D eigenvalue weighted by Crippen LogP contribution is 2.43. The maximum atomic E-state index is 13.0. The van der Waals surface area contributed by atoms with Crippen LogP contribution < -0.4 is 5.73 Å². The molecule has 4 heteroatoms. The van der Waals surface area contributed by atoms with Gasteiger partial charge in [-0.1, -0.05) is 31.6 Å². The lowest BCUT2D eigenvalue weighted by atomic mass is 9.81. The number of carbonyl (C=O) groups excluding carboxylic acids is 2. The largest absolute Gasteiger partial charge is 0.351 e. The molecule has 1 aromatic rings. The summed E-state index contributed by atoms with van der Waals surface area (Å²) in [5.74, 6) is 0.158. The number of Topliss-reactive ketones (excluding diaryl/α,β-unsaturated/α-hetero) is 1. The molecule has 0 saturated heterocycles. The van der Waals surface area contributed by atoms with Crippen molar-refractivity contribution in [2.75, 3.05) is 6.54 Å². The third-order valence-electron chi connectivity index (χ3n) is 5.25. The number of nitrogens with two attached hydrogens (primary N) is 1. The minimum absolute atomic E-state index is 0.0418. The fraction of sp³-hybridized carbons (Fsp3) is 0.474. The van der Waals surface area contributed by atoms with E-state index in [0.717, 1.165) is 41.5 Å². The first kappa shape index (κ1) is 15.8. The van der Waals surface area contributed by atoms with Crippen molar-refractivity contribution in [2.45, 2.75) is 46.6 Å². The van der Waals surface area contributed by atoms with Gasteiger partial charge in [-0.3, -0.25) is 4.79 Å². The number of nitrogens with zero attached hydrogens (tertiary/aromatic N) is 1. The van der Waals surface area contributed by atoms with Gasteiger partial charge in [0.2, 0.25) is 0 Å². The van der Waals surface area contributed by atoms with Crippen molar-refractivity contribution in [3.8, 4) is 0 Å². The molecule has 3 rings (SSSR count). The molecular formula is C19H24N2O2. The van der Waals surface area contributed by atoms with Crippen molar-refractivity contribution in [3.63, 3.8) is 0 Å². The lowest BCUT2D eigenvalue weighted by Crippen LogP contribution is -2.39. The molecule has 0 unspecified atom stereocenters. The molecule has 2 N–H and O–H groups in total. The van der Waals surface area contributed by atoms with Gasteiger partial charge in [0.25, 0.3) is 0 Å². The number of carbonyl (C=O) groups is 2. The van der Waals surface area contributed by atoms with Crippen LogP contribution in [0.5, 0.6) is 0 Å². The second kappa shape index (κ2) is 5.52. The Morgan fingerprint density at radius 2 is 1.91 bits per heavy atom. The zero-order chi connectivity index (χ0) is 16.8. The maximum Gasteiger partial charge on any atom is 0.315 e. The lowest BCUT2D eigenvalue weighted by molar-refractivity contribution is 0.101. The van der Waals surface area contributed by atoms with Crippen molar-refractivity contribution >= 4 is 11.8 Å². The van der Waals surface area contributed by atoms with Crippen LogP contribution in [-0.2, 0) is 13.0 Å². The Balaban J connectivity index is 1.90. The summed E-state index contributed by atoms with van der Waals surface area (Å²) in [6, 6.07) is 5.48. The number of hydrogen-bond acceptors (Lipinski definition) is 2. The van der Waals surface area contributed by atoms with Crippen molar-refractivity contribution in [3.05, 3.63) is 46.0 Å². The van der Waals surface area contributed by atoms with Crippen LogP contribution in [0.2, 0.25) is 0 Å². The van der Waals surface area contributed by atoms with Crippen LogP contribution in [0.3, 0.4) is 0 Å². The van der Waals surface area contributed by atoms with Gasteiger partial charge in [0.15, 0.2) is 5.78 Å². The lowest BCUT2D eigenvalue weighted by Gasteiger charge is -2.28. The molecule has 4 nitrogen and oxygen atoms in total. The van der Waals surface area contributed by atoms with E-state index in [4.69, 9.17) is 5.73 Å². The number of hydrogen-bond donors (Lipinski definition) is 1. The molecular weight excluding hydrogens is 288 g/mol. The third kappa shape index (κ3) is 2.78. The molecule has 1 aliphatic carbocycles. The molecule has 0 fully saturated rings. The van der Waals surface area contributed by atoms with E-state index in [1.807, 2.05) is 18.2 Å². The number of urea groups is 1. The maximum absolute atomic E-state index is 13.0. The number of benzene rings is 1. The number of rotatable bonds is 2. The fourth-order valence-electron chi connectivity index (χ4n) is 3.86. The van der Waals surface area contributed by atoms with E-state index in [-0.39, 0.29) is 17.2 Å². The molecule has 1 aliphatic heterocycles. The van der Waals surface area contributed by atoms with Crippen LogP contribution in [0.15, 0.2) is 29.3 Å². The summed E-state index contributed by atoms with van der Waals surface area (Å²) >= 11 is 0. The van der Waals surface area contributed by atoms with E-state index in [2.05, 4.69) is 20.8 Å². The molecule has 0 atom stereocenters. The van der Waals surface area contributed by atoms with Gasteiger partial charge in [-0.2, -0.15) is 0 Å². The number of amides is 2. The molecule has 23 heavy (non-hydrogen) atoms. The summed E-state index contributed by atoms with van der Waals surface area (Å²) in [5, 5.41) is 0. The first-order chi connectivity index (χ1) is 10.8. The zero-order valence-electron chi connectivity index (χ0n) is 14.1. The average Bonchev–Trinajstić information content (AvgIpc) is 2.78. The summed E-state index contributed by atoms with van der Waals surface area (Å²) in [4.78, 5) is 25.9. The van der Waals surface area contributed by atoms with E-state index >= 15 is 0 Å². The second-order valence-corrected chi connectivity index (χ2v) is 7.36. The van der Waals surface area contributed by atoms with Gasteiger partial charge in [-0.15, -0.1) is 0 Å². The van der Waals surface area contributed by atoms with E-state index < -0.39 is 0 Å². The molecule has 2 amide bonds. The van der Waals surface area contributed by atoms with Crippen LogP contribution >= 0.6 is 0 Å². The molecule has 0 aromatic heterocycles. The fourth-order valence-corrected chi connectivity index (χ4v) is 3.86. The summed E-state index contributed by atoms with van der Waals surface area (Å²) in [5.41, 5.74) is 10.5. The highest BCUT2D eigenvalue weighted by Gasteiger charge is 2.35. The number of allylic oxidation sites excluding steroid dienone is 2. The highest BCUT2D eigenvalue weighted by molar-refractivity contribution is 6.10. The van der Waals surface area contributed by atoms with Gasteiger partial charge < -0.3 is 10.6 Å². The number of primary amides is 1. The molecule has 0 radical (unpaired) electrons. The summed E-state index contributed by atoms with van der Waals surface area (Å²) in [7, 11) is 0. The van der Waals surface area contributed by atoms with Crippen LogP contribution in [-0.4, -0.2) is 23.3 Å². The van der Waals surface area contributed by atoms with E-state index in [9.17, 15) is 9.59 Å². The van der Waals surface area contributed by atoms with Crippen LogP contribution in [0, 0.1) is 5.41 Å². The predicted molar refractivity (Wildman–Crippen MR) is 90.2 cm³/mol. The molecule has 2 aliphatic rings. The molecule has 1 heterocycles. The van der Waals surface area contributed by atoms with Crippen molar-refractivity contribution in [2.24, 2.45) is 11.1 Å². The Kier molecular flexibility index (Phi) is 3.78.